The smallest absolute Gasteiger partial charge is 0.243 e. The van der Waals surface area contributed by atoms with Crippen LogP contribution in [0.15, 0.2) is 29.2 Å². The first-order chi connectivity index (χ1) is 10.1. The summed E-state index contributed by atoms with van der Waals surface area (Å²) >= 11 is 0. The van der Waals surface area contributed by atoms with E-state index in [0.29, 0.717) is 24.5 Å². The Hall–Kier alpha value is -0.910. The minimum absolute atomic E-state index is 0.0635. The van der Waals surface area contributed by atoms with Crippen LogP contribution < -0.4 is 5.73 Å². The van der Waals surface area contributed by atoms with E-state index in [0.717, 1.165) is 12.8 Å². The van der Waals surface area contributed by atoms with Crippen molar-refractivity contribution in [3.63, 3.8) is 0 Å². The molecular weight excluding hydrogens is 296 g/mol. The summed E-state index contributed by atoms with van der Waals surface area (Å²) < 4.78 is 27.1. The van der Waals surface area contributed by atoms with Crippen molar-refractivity contribution in [2.45, 2.75) is 50.8 Å². The van der Waals surface area contributed by atoms with Gasteiger partial charge in [0.25, 0.3) is 0 Å². The Kier molecular flexibility index (Phi) is 4.71. The fourth-order valence-corrected chi connectivity index (χ4v) is 4.37. The molecule has 1 fully saturated rings. The van der Waals surface area contributed by atoms with Gasteiger partial charge in [0.2, 0.25) is 10.0 Å². The molecule has 0 saturated carbocycles. The van der Waals surface area contributed by atoms with E-state index in [4.69, 9.17) is 5.73 Å². The Balaban J connectivity index is 2.24. The second-order valence-electron chi connectivity index (χ2n) is 7.37. The zero-order chi connectivity index (χ0) is 16.6. The quantitative estimate of drug-likeness (QED) is 0.906. The topological polar surface area (TPSA) is 63.4 Å². The highest BCUT2D eigenvalue weighted by molar-refractivity contribution is 7.89. The van der Waals surface area contributed by atoms with Crippen LogP contribution in [0, 0.1) is 5.41 Å². The van der Waals surface area contributed by atoms with Gasteiger partial charge >= 0.3 is 0 Å². The van der Waals surface area contributed by atoms with Gasteiger partial charge in [-0.2, -0.15) is 4.31 Å². The average molecular weight is 324 g/mol. The van der Waals surface area contributed by atoms with Crippen LogP contribution in [0.3, 0.4) is 0 Å². The molecule has 124 valence electrons. The van der Waals surface area contributed by atoms with Crippen LogP contribution in [0.1, 0.15) is 46.1 Å². The zero-order valence-electron chi connectivity index (χ0n) is 14.1. The van der Waals surface area contributed by atoms with Crippen LogP contribution in [0.2, 0.25) is 0 Å². The summed E-state index contributed by atoms with van der Waals surface area (Å²) in [5.41, 5.74) is 6.91. The number of nitrogens with zero attached hydrogens (tertiary/aromatic N) is 1. The summed E-state index contributed by atoms with van der Waals surface area (Å²) in [5.74, 6) is 0. The summed E-state index contributed by atoms with van der Waals surface area (Å²) in [6, 6.07) is 7.35. The predicted octanol–water partition coefficient (Wildman–Crippen LogP) is 2.73. The van der Waals surface area contributed by atoms with Crippen molar-refractivity contribution in [2.24, 2.45) is 11.1 Å². The molecule has 1 aliphatic heterocycles. The molecule has 0 aliphatic carbocycles. The molecule has 22 heavy (non-hydrogen) atoms. The van der Waals surface area contributed by atoms with Crippen LogP contribution >= 0.6 is 0 Å². The van der Waals surface area contributed by atoms with Crippen LogP contribution in [-0.4, -0.2) is 32.4 Å². The van der Waals surface area contributed by atoms with Gasteiger partial charge in [-0.15, -0.1) is 0 Å². The normalized spacial score (nSPS) is 23.9. The molecule has 0 amide bonds. The summed E-state index contributed by atoms with van der Waals surface area (Å²) in [4.78, 5) is 0.379. The van der Waals surface area contributed by atoms with Crippen molar-refractivity contribution in [3.05, 3.63) is 29.8 Å². The minimum atomic E-state index is -3.41. The molecule has 1 aromatic carbocycles. The maximum Gasteiger partial charge on any atom is 0.243 e. The lowest BCUT2D eigenvalue weighted by atomic mass is 9.82. The van der Waals surface area contributed by atoms with Gasteiger partial charge in [0, 0.05) is 13.1 Å². The molecule has 1 atom stereocenters. The van der Waals surface area contributed by atoms with E-state index in [-0.39, 0.29) is 10.8 Å². The van der Waals surface area contributed by atoms with Gasteiger partial charge in [0.1, 0.15) is 0 Å². The Morgan fingerprint density at radius 1 is 1.27 bits per heavy atom. The number of rotatable bonds is 5. The molecule has 0 aromatic heterocycles. The lowest BCUT2D eigenvalue weighted by Crippen LogP contribution is -2.34. The number of nitrogens with two attached hydrogens (primary N) is 1. The lowest BCUT2D eigenvalue weighted by Gasteiger charge is -2.24. The van der Waals surface area contributed by atoms with Gasteiger partial charge in [-0.05, 0) is 47.9 Å². The van der Waals surface area contributed by atoms with Crippen molar-refractivity contribution in [3.8, 4) is 0 Å². The second-order valence-corrected chi connectivity index (χ2v) is 9.30. The SMILES string of the molecule is CCC(C)(C)c1ccc(S(=O)(=O)N2CCC(C)(CN)C2)cc1. The van der Waals surface area contributed by atoms with E-state index >= 15 is 0 Å². The molecule has 2 rings (SSSR count). The summed E-state index contributed by atoms with van der Waals surface area (Å²) in [6.45, 7) is 10.1. The van der Waals surface area contributed by atoms with Crippen molar-refractivity contribution < 1.29 is 8.42 Å². The standard InChI is InChI=1S/C17H28N2O2S/c1-5-16(2,3)14-6-8-15(9-7-14)22(20,21)19-11-10-17(4,12-18)13-19/h6-9H,5,10-13,18H2,1-4H3. The lowest BCUT2D eigenvalue weighted by molar-refractivity contribution is 0.349. The monoisotopic (exact) mass is 324 g/mol. The fourth-order valence-electron chi connectivity index (χ4n) is 2.78. The number of hydrogen-bond acceptors (Lipinski definition) is 3. The van der Waals surface area contributed by atoms with Gasteiger partial charge in [0.15, 0.2) is 0 Å². The molecular formula is C17H28N2O2S. The van der Waals surface area contributed by atoms with E-state index in [1.807, 2.05) is 12.1 Å². The van der Waals surface area contributed by atoms with Gasteiger partial charge < -0.3 is 5.73 Å². The number of benzene rings is 1. The van der Waals surface area contributed by atoms with E-state index < -0.39 is 10.0 Å². The summed E-state index contributed by atoms with van der Waals surface area (Å²) in [7, 11) is -3.41. The zero-order valence-corrected chi connectivity index (χ0v) is 14.9. The molecule has 2 N–H and O–H groups in total. The summed E-state index contributed by atoms with van der Waals surface area (Å²) in [6.07, 6.45) is 1.84. The molecule has 1 aromatic rings. The third-order valence-corrected chi connectivity index (χ3v) is 7.03. The predicted molar refractivity (Wildman–Crippen MR) is 90.3 cm³/mol. The molecule has 4 nitrogen and oxygen atoms in total. The highest BCUT2D eigenvalue weighted by Gasteiger charge is 2.39. The largest absolute Gasteiger partial charge is 0.330 e. The first-order valence-corrected chi connectivity index (χ1v) is 9.39. The first-order valence-electron chi connectivity index (χ1n) is 7.95. The summed E-state index contributed by atoms with van der Waals surface area (Å²) in [5, 5.41) is 0. The fraction of sp³-hybridized carbons (Fsp3) is 0.647. The molecule has 0 bridgehead atoms. The molecule has 1 heterocycles. The number of hydrogen-bond donors (Lipinski definition) is 1. The van der Waals surface area contributed by atoms with Crippen molar-refractivity contribution in [1.29, 1.82) is 0 Å². The molecule has 0 radical (unpaired) electrons. The Bertz CT molecular complexity index is 623. The van der Waals surface area contributed by atoms with E-state index in [9.17, 15) is 8.42 Å². The second kappa shape index (κ2) is 5.95. The third-order valence-electron chi connectivity index (χ3n) is 5.17. The molecule has 1 unspecified atom stereocenters. The number of sulfonamides is 1. The third kappa shape index (κ3) is 3.21. The van der Waals surface area contributed by atoms with Crippen LogP contribution in [0.4, 0.5) is 0 Å². The maximum absolute atomic E-state index is 12.8. The molecule has 1 aliphatic rings. The Morgan fingerprint density at radius 3 is 2.32 bits per heavy atom. The molecule has 5 heteroatoms. The minimum Gasteiger partial charge on any atom is -0.330 e. The average Bonchev–Trinajstić information content (AvgIpc) is 2.91. The van der Waals surface area contributed by atoms with E-state index in [1.165, 1.54) is 5.56 Å². The Labute approximate surface area is 134 Å². The Morgan fingerprint density at radius 2 is 1.86 bits per heavy atom. The van der Waals surface area contributed by atoms with Gasteiger partial charge in [-0.25, -0.2) is 8.42 Å². The van der Waals surface area contributed by atoms with Crippen molar-refractivity contribution in [2.75, 3.05) is 19.6 Å². The van der Waals surface area contributed by atoms with Gasteiger partial charge in [-0.3, -0.25) is 0 Å². The molecule has 0 spiro atoms. The van der Waals surface area contributed by atoms with E-state index in [1.54, 1.807) is 16.4 Å². The van der Waals surface area contributed by atoms with Crippen LogP contribution in [0.5, 0.6) is 0 Å². The van der Waals surface area contributed by atoms with Crippen molar-refractivity contribution in [1.82, 2.24) is 4.31 Å². The molecule has 1 saturated heterocycles. The highest BCUT2D eigenvalue weighted by atomic mass is 32.2. The van der Waals surface area contributed by atoms with Crippen molar-refractivity contribution >= 4 is 10.0 Å². The van der Waals surface area contributed by atoms with Crippen LogP contribution in [0.25, 0.3) is 0 Å². The van der Waals surface area contributed by atoms with Crippen LogP contribution in [-0.2, 0) is 15.4 Å². The van der Waals surface area contributed by atoms with Gasteiger partial charge in [-0.1, -0.05) is 39.8 Å². The maximum atomic E-state index is 12.8. The van der Waals surface area contributed by atoms with Gasteiger partial charge in [0.05, 0.1) is 4.90 Å². The highest BCUT2D eigenvalue weighted by Crippen LogP contribution is 2.33. The first kappa shape index (κ1) is 17.4. The van der Waals surface area contributed by atoms with E-state index in [2.05, 4.69) is 27.7 Å².